The van der Waals surface area contributed by atoms with Crippen molar-refractivity contribution >= 4 is 23.9 Å². The summed E-state index contributed by atoms with van der Waals surface area (Å²) >= 11 is 0. The zero-order valence-electron chi connectivity index (χ0n) is 45.3. The number of carboxylic acids is 1. The van der Waals surface area contributed by atoms with E-state index in [0.29, 0.717) is 19.3 Å². The number of aliphatic hydroxyl groups excluding tert-OH is 2. The van der Waals surface area contributed by atoms with Crippen LogP contribution in [0.15, 0.2) is 97.2 Å². The molecular weight excluding hydrogens is 925 g/mol. The minimum absolute atomic E-state index is 0.0148. The van der Waals surface area contributed by atoms with E-state index in [2.05, 4.69) is 118 Å². The van der Waals surface area contributed by atoms with Crippen LogP contribution in [0.2, 0.25) is 0 Å². The number of esters is 3. The molecule has 12 nitrogen and oxygen atoms in total. The van der Waals surface area contributed by atoms with Crippen molar-refractivity contribution < 1.29 is 58.2 Å². The van der Waals surface area contributed by atoms with Crippen LogP contribution in [-0.4, -0.2) is 89.2 Å². The number of hydrogen-bond donors (Lipinski definition) is 3. The molecule has 0 aromatic rings. The van der Waals surface area contributed by atoms with Crippen LogP contribution in [0, 0.1) is 0 Å². The second-order valence-corrected chi connectivity index (χ2v) is 18.8. The minimum Gasteiger partial charge on any atom is -0.479 e. The molecular formula is C61H98O12. The Balaban J connectivity index is 2.72. The molecule has 0 radical (unpaired) electrons. The number of rotatable bonds is 46. The van der Waals surface area contributed by atoms with Crippen molar-refractivity contribution in [3.8, 4) is 0 Å². The van der Waals surface area contributed by atoms with Crippen LogP contribution < -0.4 is 0 Å². The van der Waals surface area contributed by atoms with E-state index >= 15 is 0 Å². The quantitative estimate of drug-likeness (QED) is 0.0228. The van der Waals surface area contributed by atoms with Crippen LogP contribution in [0.3, 0.4) is 0 Å². The Bertz CT molecular complexity index is 1640. The van der Waals surface area contributed by atoms with Crippen LogP contribution in [-0.2, 0) is 42.9 Å². The van der Waals surface area contributed by atoms with Crippen molar-refractivity contribution in [3.63, 3.8) is 0 Å². The number of hydrogen-bond acceptors (Lipinski definition) is 11. The summed E-state index contributed by atoms with van der Waals surface area (Å²) in [6, 6.07) is 0. The second-order valence-electron chi connectivity index (χ2n) is 18.8. The Morgan fingerprint density at radius 3 is 1.40 bits per heavy atom. The first-order valence-corrected chi connectivity index (χ1v) is 28.2. The zero-order valence-corrected chi connectivity index (χ0v) is 45.3. The van der Waals surface area contributed by atoms with E-state index in [9.17, 15) is 34.5 Å². The first-order valence-electron chi connectivity index (χ1n) is 28.2. The van der Waals surface area contributed by atoms with Crippen molar-refractivity contribution in [1.29, 1.82) is 0 Å². The van der Waals surface area contributed by atoms with E-state index in [1.54, 1.807) is 0 Å². The van der Waals surface area contributed by atoms with Crippen LogP contribution in [0.25, 0.3) is 0 Å². The number of allylic oxidation sites excluding steroid dienone is 16. The molecule has 1 fully saturated rings. The molecule has 73 heavy (non-hydrogen) atoms. The molecule has 0 aromatic carbocycles. The number of aliphatic carboxylic acids is 1. The first-order chi connectivity index (χ1) is 35.6. The van der Waals surface area contributed by atoms with E-state index in [0.717, 1.165) is 141 Å². The van der Waals surface area contributed by atoms with Gasteiger partial charge in [0.1, 0.15) is 18.8 Å². The maximum Gasteiger partial charge on any atom is 0.335 e. The topological polar surface area (TPSA) is 175 Å². The fourth-order valence-electron chi connectivity index (χ4n) is 7.76. The predicted molar refractivity (Wildman–Crippen MR) is 294 cm³/mol. The number of carbonyl (C=O) groups excluding carboxylic acids is 3. The maximum absolute atomic E-state index is 13.1. The molecule has 0 aromatic heterocycles. The second kappa shape index (κ2) is 48.6. The van der Waals surface area contributed by atoms with Gasteiger partial charge >= 0.3 is 23.9 Å². The summed E-state index contributed by atoms with van der Waals surface area (Å²) in [6.07, 6.45) is 51.0. The van der Waals surface area contributed by atoms with E-state index in [4.69, 9.17) is 23.7 Å². The Morgan fingerprint density at radius 2 is 0.890 bits per heavy atom. The summed E-state index contributed by atoms with van der Waals surface area (Å²) in [5, 5.41) is 31.4. The highest BCUT2D eigenvalue weighted by Gasteiger charge is 2.50. The van der Waals surface area contributed by atoms with Crippen LogP contribution in [0.5, 0.6) is 0 Å². The Kier molecular flexibility index (Phi) is 44.4. The highest BCUT2D eigenvalue weighted by Crippen LogP contribution is 2.26. The number of unbranched alkanes of at least 4 members (excludes halogenated alkanes) is 16. The SMILES string of the molecule is CC/C=C\C/C=C\C/C=C\C/C=C\C/C=C\CCCCCC(=O)OC1C(OCC(COC(=O)CCCCCCC/C=C\C/C=C\CCC)OC(=O)CCCCCCC/C=C\CCCC)OC(C(=O)O)C(O)C1O. The molecule has 1 heterocycles. The summed E-state index contributed by atoms with van der Waals surface area (Å²) in [6.45, 7) is 5.72. The van der Waals surface area contributed by atoms with Crippen molar-refractivity contribution in [2.45, 2.75) is 250 Å². The molecule has 0 amide bonds. The van der Waals surface area contributed by atoms with Crippen molar-refractivity contribution in [3.05, 3.63) is 97.2 Å². The van der Waals surface area contributed by atoms with Gasteiger partial charge in [0, 0.05) is 19.3 Å². The van der Waals surface area contributed by atoms with Crippen molar-refractivity contribution in [2.75, 3.05) is 13.2 Å². The van der Waals surface area contributed by atoms with E-state index in [-0.39, 0.29) is 25.9 Å². The third-order valence-electron chi connectivity index (χ3n) is 12.1. The molecule has 1 saturated heterocycles. The average Bonchev–Trinajstić information content (AvgIpc) is 3.37. The fourth-order valence-corrected chi connectivity index (χ4v) is 7.76. The predicted octanol–water partition coefficient (Wildman–Crippen LogP) is 14.1. The molecule has 0 spiro atoms. The van der Waals surface area contributed by atoms with Crippen LogP contribution in [0.1, 0.15) is 213 Å². The molecule has 1 rings (SSSR count). The van der Waals surface area contributed by atoms with Crippen LogP contribution in [0.4, 0.5) is 0 Å². The fraction of sp³-hybridized carbons (Fsp3) is 0.672. The average molecular weight is 1020 g/mol. The van der Waals surface area contributed by atoms with Crippen molar-refractivity contribution in [1.82, 2.24) is 0 Å². The van der Waals surface area contributed by atoms with Gasteiger partial charge in [-0.3, -0.25) is 14.4 Å². The molecule has 1 aliphatic rings. The van der Waals surface area contributed by atoms with Gasteiger partial charge in [-0.05, 0) is 109 Å². The third kappa shape index (κ3) is 38.8. The number of aliphatic hydroxyl groups is 2. The monoisotopic (exact) mass is 1020 g/mol. The van der Waals surface area contributed by atoms with E-state index in [1.807, 2.05) is 0 Å². The number of carbonyl (C=O) groups is 4. The number of ether oxygens (including phenoxy) is 5. The van der Waals surface area contributed by atoms with Crippen molar-refractivity contribution in [2.24, 2.45) is 0 Å². The lowest BCUT2D eigenvalue weighted by atomic mass is 9.98. The van der Waals surface area contributed by atoms with Gasteiger partial charge in [-0.25, -0.2) is 4.79 Å². The maximum atomic E-state index is 13.1. The normalized spacial score (nSPS) is 19.1. The molecule has 0 saturated carbocycles. The molecule has 0 bridgehead atoms. The molecule has 0 aliphatic carbocycles. The lowest BCUT2D eigenvalue weighted by Crippen LogP contribution is -2.61. The first kappa shape index (κ1) is 66.7. The van der Waals surface area contributed by atoms with Gasteiger partial charge in [-0.2, -0.15) is 0 Å². The molecule has 6 atom stereocenters. The lowest BCUT2D eigenvalue weighted by molar-refractivity contribution is -0.301. The summed E-state index contributed by atoms with van der Waals surface area (Å²) in [5.74, 6) is -3.21. The van der Waals surface area contributed by atoms with Gasteiger partial charge in [0.2, 0.25) is 0 Å². The van der Waals surface area contributed by atoms with E-state index < -0.39 is 67.3 Å². The third-order valence-corrected chi connectivity index (χ3v) is 12.1. The Labute approximate surface area is 441 Å². The smallest absolute Gasteiger partial charge is 0.335 e. The van der Waals surface area contributed by atoms with Gasteiger partial charge < -0.3 is 39.0 Å². The summed E-state index contributed by atoms with van der Waals surface area (Å²) in [5.41, 5.74) is 0. The molecule has 1 aliphatic heterocycles. The minimum atomic E-state index is -1.92. The van der Waals surface area contributed by atoms with Gasteiger partial charge in [0.15, 0.2) is 24.6 Å². The summed E-state index contributed by atoms with van der Waals surface area (Å²) in [7, 11) is 0. The highest BCUT2D eigenvalue weighted by molar-refractivity contribution is 5.74. The highest BCUT2D eigenvalue weighted by atomic mass is 16.7. The summed E-state index contributed by atoms with van der Waals surface area (Å²) < 4.78 is 28.3. The van der Waals surface area contributed by atoms with Crippen LogP contribution >= 0.6 is 0 Å². The molecule has 6 unspecified atom stereocenters. The lowest BCUT2D eigenvalue weighted by Gasteiger charge is -2.40. The van der Waals surface area contributed by atoms with Gasteiger partial charge in [0.25, 0.3) is 0 Å². The molecule has 414 valence electrons. The number of carboxylic acid groups (broad SMARTS) is 1. The zero-order chi connectivity index (χ0) is 53.3. The Morgan fingerprint density at radius 1 is 0.466 bits per heavy atom. The standard InChI is InChI=1S/C61H98O12/c1-4-7-10-13-16-19-22-24-25-26-27-28-29-31-34-37-40-43-46-49-55(64)72-59-57(66)56(65)58(60(67)68)73-61(59)70-51-52(71-54(63)48-45-42-39-36-32-21-18-15-12-9-6-3)50-69-53(62)47-44-41-38-35-33-30-23-20-17-14-11-8-5-2/h7,10-11,14-16,18-20,23-25,27-28,31,34,52,56-59,61,65-66H,4-6,8-9,12-13,17,21-22,26,29-30,32-33,35-51H2,1-3H3,(H,67,68)/b10-7-,14-11-,18-15-,19-16-,23-20-,25-24-,28-27-,34-31-. The molecule has 3 N–H and O–H groups in total. The van der Waals surface area contributed by atoms with E-state index in [1.165, 1.54) is 12.8 Å². The van der Waals surface area contributed by atoms with Gasteiger partial charge in [-0.1, -0.05) is 182 Å². The van der Waals surface area contributed by atoms with Gasteiger partial charge in [0.05, 0.1) is 6.61 Å². The molecule has 12 heteroatoms. The largest absolute Gasteiger partial charge is 0.479 e. The Hall–Kier alpha value is -4.36. The van der Waals surface area contributed by atoms with Gasteiger partial charge in [-0.15, -0.1) is 0 Å². The summed E-state index contributed by atoms with van der Waals surface area (Å²) in [4.78, 5) is 51.0.